The van der Waals surface area contributed by atoms with Crippen LogP contribution >= 0.6 is 15.6 Å². The lowest BCUT2D eigenvalue weighted by atomic mass is 9.97. The Labute approximate surface area is 172 Å². The fourth-order valence-electron chi connectivity index (χ4n) is 2.97. The molecule has 19 heteroatoms. The van der Waals surface area contributed by atoms with E-state index < -0.39 is 46.1 Å². The van der Waals surface area contributed by atoms with Crippen LogP contribution in [0.15, 0.2) is 6.33 Å². The van der Waals surface area contributed by atoms with Gasteiger partial charge in [-0.15, -0.1) is 0 Å². The second kappa shape index (κ2) is 7.65. The molecule has 5 atom stereocenters. The molecule has 0 radical (unpaired) electrons. The van der Waals surface area contributed by atoms with E-state index in [1.807, 2.05) is 0 Å². The molecule has 2 aromatic rings. The topological polar surface area (TPSA) is 224 Å². The summed E-state index contributed by atoms with van der Waals surface area (Å²) in [5.41, 5.74) is 2.77. The number of hydrogen-bond acceptors (Lipinski definition) is 11. The van der Waals surface area contributed by atoms with E-state index in [4.69, 9.17) is 20.3 Å². The first-order valence-electron chi connectivity index (χ1n) is 8.25. The van der Waals surface area contributed by atoms with Crippen LogP contribution in [0, 0.1) is 0 Å². The lowest BCUT2D eigenvalue weighted by molar-refractivity contribution is -0.203. The average molecular weight is 490 g/mol. The standard InChI is InChI=1S/C12H18F2N6O9P2/c1-11(13)8(21)12(14,3-27-31(25,26)29-30(22,23)24)28-9(11)20-4-17-5-6(16-2)18-10(15)19-7(5)20/h4,8-9,21H,3H2,1-2H3,(H,25,26)(H2,22,23,24)(H3,15,16,18,19)/t8-,9+,11+,12+/m0/s1. The molecule has 0 aliphatic carbocycles. The van der Waals surface area contributed by atoms with Gasteiger partial charge in [0.15, 0.2) is 35.0 Å². The maximum absolute atomic E-state index is 15.3. The van der Waals surface area contributed by atoms with Crippen molar-refractivity contribution in [1.29, 1.82) is 0 Å². The number of phosphoric acid groups is 2. The number of anilines is 2. The number of rotatable bonds is 7. The number of ether oxygens (including phenoxy) is 1. The summed E-state index contributed by atoms with van der Waals surface area (Å²) in [5.74, 6) is -3.50. The van der Waals surface area contributed by atoms with Crippen LogP contribution < -0.4 is 11.1 Å². The molecule has 0 spiro atoms. The summed E-state index contributed by atoms with van der Waals surface area (Å²) in [6.07, 6.45) is -3.48. The van der Waals surface area contributed by atoms with Crippen molar-refractivity contribution in [3.63, 3.8) is 0 Å². The maximum atomic E-state index is 15.3. The number of hydrogen-bond donors (Lipinski definition) is 6. The van der Waals surface area contributed by atoms with Crippen LogP contribution in [0.2, 0.25) is 0 Å². The van der Waals surface area contributed by atoms with Gasteiger partial charge in [0.25, 0.3) is 5.85 Å². The highest BCUT2D eigenvalue weighted by Crippen LogP contribution is 2.59. The minimum absolute atomic E-state index is 0.0826. The van der Waals surface area contributed by atoms with Crippen molar-refractivity contribution in [2.45, 2.75) is 30.8 Å². The SMILES string of the molecule is CNc1nc(N)nc2c1ncn2[C@@H]1O[C@](F)(COP(=O)(O)OP(=O)(O)O)[C@@H](O)[C@@]1(C)F. The number of fused-ring (bicyclic) bond motifs is 1. The third-order valence-corrected chi connectivity index (χ3v) is 6.43. The molecule has 1 saturated heterocycles. The molecule has 174 valence electrons. The third-order valence-electron chi connectivity index (χ3n) is 4.30. The molecule has 0 amide bonds. The number of halogens is 2. The second-order valence-corrected chi connectivity index (χ2v) is 9.46. The number of aliphatic hydroxyl groups excluding tert-OH is 1. The van der Waals surface area contributed by atoms with Crippen molar-refractivity contribution in [3.05, 3.63) is 6.33 Å². The highest BCUT2D eigenvalue weighted by Gasteiger charge is 2.65. The number of imidazole rings is 1. The first-order valence-corrected chi connectivity index (χ1v) is 11.3. The summed E-state index contributed by atoms with van der Waals surface area (Å²) in [4.78, 5) is 38.2. The second-order valence-electron chi connectivity index (χ2n) is 6.63. The number of aromatic nitrogens is 4. The normalized spacial score (nSPS) is 31.1. The Bertz CT molecular complexity index is 1100. The van der Waals surface area contributed by atoms with Gasteiger partial charge in [-0.3, -0.25) is 9.09 Å². The number of nitrogens with zero attached hydrogens (tertiary/aromatic N) is 4. The third kappa shape index (κ3) is 4.55. The molecule has 1 aliphatic heterocycles. The van der Waals surface area contributed by atoms with E-state index in [9.17, 15) is 19.1 Å². The summed E-state index contributed by atoms with van der Waals surface area (Å²) >= 11 is 0. The van der Waals surface area contributed by atoms with Gasteiger partial charge in [-0.1, -0.05) is 0 Å². The fourth-order valence-corrected chi connectivity index (χ4v) is 4.57. The number of phosphoric ester groups is 1. The molecule has 31 heavy (non-hydrogen) atoms. The zero-order valence-corrected chi connectivity index (χ0v) is 17.6. The van der Waals surface area contributed by atoms with Gasteiger partial charge < -0.3 is 35.6 Å². The van der Waals surface area contributed by atoms with Crippen LogP contribution in [0.5, 0.6) is 0 Å². The van der Waals surface area contributed by atoms with E-state index in [0.717, 1.165) is 17.8 Å². The maximum Gasteiger partial charge on any atom is 0.481 e. The number of nitrogens with two attached hydrogens (primary N) is 1. The van der Waals surface area contributed by atoms with Gasteiger partial charge >= 0.3 is 15.6 Å². The molecule has 1 unspecified atom stereocenters. The van der Waals surface area contributed by atoms with Crippen LogP contribution in [-0.4, -0.2) is 70.6 Å². The van der Waals surface area contributed by atoms with Crippen LogP contribution in [0.25, 0.3) is 11.2 Å². The smallest absolute Gasteiger partial charge is 0.384 e. The number of alkyl halides is 2. The molecule has 3 rings (SSSR count). The van der Waals surface area contributed by atoms with Gasteiger partial charge in [-0.2, -0.15) is 14.3 Å². The summed E-state index contributed by atoms with van der Waals surface area (Å²) in [5, 5.41) is 12.9. The summed E-state index contributed by atoms with van der Waals surface area (Å²) < 4.78 is 66.4. The fraction of sp³-hybridized carbons (Fsp3) is 0.583. The van der Waals surface area contributed by atoms with Gasteiger partial charge in [-0.25, -0.2) is 22.9 Å². The molecule has 3 heterocycles. The summed E-state index contributed by atoms with van der Waals surface area (Å²) in [7, 11) is -9.47. The molecule has 1 aliphatic rings. The van der Waals surface area contributed by atoms with E-state index >= 15 is 8.78 Å². The first kappa shape index (κ1) is 23.8. The van der Waals surface area contributed by atoms with E-state index in [1.165, 1.54) is 7.05 Å². The van der Waals surface area contributed by atoms with E-state index in [1.54, 1.807) is 0 Å². The van der Waals surface area contributed by atoms with Crippen molar-refractivity contribution < 1.29 is 51.3 Å². The van der Waals surface area contributed by atoms with Gasteiger partial charge in [0, 0.05) is 7.05 Å². The molecular weight excluding hydrogens is 472 g/mol. The predicted octanol–water partition coefficient (Wildman–Crippen LogP) is -0.0398. The lowest BCUT2D eigenvalue weighted by Gasteiger charge is -2.25. The molecule has 1 fully saturated rings. The van der Waals surface area contributed by atoms with Gasteiger partial charge in [0.2, 0.25) is 5.95 Å². The van der Waals surface area contributed by atoms with Crippen LogP contribution in [0.3, 0.4) is 0 Å². The van der Waals surface area contributed by atoms with E-state index in [2.05, 4.69) is 29.1 Å². The van der Waals surface area contributed by atoms with Crippen molar-refractivity contribution in [2.24, 2.45) is 0 Å². The Morgan fingerprint density at radius 1 is 1.35 bits per heavy atom. The van der Waals surface area contributed by atoms with Crippen LogP contribution in [0.1, 0.15) is 13.2 Å². The molecular formula is C12H18F2N6O9P2. The number of nitrogen functional groups attached to an aromatic ring is 1. The largest absolute Gasteiger partial charge is 0.481 e. The van der Waals surface area contributed by atoms with E-state index in [-0.39, 0.29) is 22.9 Å². The molecule has 0 saturated carbocycles. The zero-order valence-electron chi connectivity index (χ0n) is 15.8. The number of aliphatic hydroxyl groups is 1. The highest BCUT2D eigenvalue weighted by atomic mass is 31.3. The lowest BCUT2D eigenvalue weighted by Crippen LogP contribution is -2.46. The predicted molar refractivity (Wildman–Crippen MR) is 97.7 cm³/mol. The molecule has 7 N–H and O–H groups in total. The van der Waals surface area contributed by atoms with Crippen molar-refractivity contribution in [1.82, 2.24) is 19.5 Å². The minimum Gasteiger partial charge on any atom is -0.384 e. The summed E-state index contributed by atoms with van der Waals surface area (Å²) in [6.45, 7) is -0.840. The van der Waals surface area contributed by atoms with Crippen molar-refractivity contribution in [2.75, 3.05) is 24.7 Å². The van der Waals surface area contributed by atoms with Gasteiger partial charge in [0.1, 0.15) is 6.61 Å². The van der Waals surface area contributed by atoms with Crippen LogP contribution in [-0.2, 0) is 22.7 Å². The first-order chi connectivity index (χ1) is 14.1. The minimum atomic E-state index is -5.49. The Balaban J connectivity index is 1.93. The Morgan fingerprint density at radius 2 is 2.00 bits per heavy atom. The molecule has 2 aromatic heterocycles. The van der Waals surface area contributed by atoms with E-state index in [0.29, 0.717) is 0 Å². The number of nitrogens with one attached hydrogen (secondary N) is 1. The Kier molecular flexibility index (Phi) is 5.89. The Hall–Kier alpha value is -1.81. The molecule has 0 bridgehead atoms. The zero-order chi connectivity index (χ0) is 23.4. The highest BCUT2D eigenvalue weighted by molar-refractivity contribution is 7.60. The van der Waals surface area contributed by atoms with Crippen LogP contribution in [0.4, 0.5) is 20.5 Å². The average Bonchev–Trinajstić information content (AvgIpc) is 3.11. The Morgan fingerprint density at radius 3 is 2.58 bits per heavy atom. The quantitative estimate of drug-likeness (QED) is 0.280. The van der Waals surface area contributed by atoms with Crippen molar-refractivity contribution in [3.8, 4) is 0 Å². The molecule has 0 aromatic carbocycles. The monoisotopic (exact) mass is 490 g/mol. The van der Waals surface area contributed by atoms with Gasteiger partial charge in [0.05, 0.1) is 6.33 Å². The summed E-state index contributed by atoms with van der Waals surface area (Å²) in [6, 6.07) is 0. The van der Waals surface area contributed by atoms with Gasteiger partial charge in [-0.05, 0) is 6.92 Å². The van der Waals surface area contributed by atoms with Crippen molar-refractivity contribution >= 4 is 38.6 Å². The molecule has 15 nitrogen and oxygen atoms in total.